The standard InChI is InChI=1S/C18H21N3O2S/c22-18(14-3-1-6-19-9-14)20-15-11-21(10-13-5-8-24-12-13)16-4-2-7-23-17(15)16/h1,3,5-6,8-9,12,15-17H,2,4,7,10-11H2,(H,20,22)/t15-,16+,17+/m1/s1. The monoisotopic (exact) mass is 343 g/mol. The van der Waals surface area contributed by atoms with Gasteiger partial charge in [-0.25, -0.2) is 0 Å². The average molecular weight is 343 g/mol. The molecule has 2 aliphatic rings. The lowest BCUT2D eigenvalue weighted by Crippen LogP contribution is -2.47. The van der Waals surface area contributed by atoms with Crippen LogP contribution in [0, 0.1) is 0 Å². The van der Waals surface area contributed by atoms with Gasteiger partial charge in [-0.15, -0.1) is 0 Å². The molecule has 1 N–H and O–H groups in total. The van der Waals surface area contributed by atoms with Gasteiger partial charge in [0.2, 0.25) is 0 Å². The maximum absolute atomic E-state index is 12.5. The highest BCUT2D eigenvalue weighted by molar-refractivity contribution is 7.07. The van der Waals surface area contributed by atoms with E-state index >= 15 is 0 Å². The largest absolute Gasteiger partial charge is 0.374 e. The molecule has 2 aromatic heterocycles. The van der Waals surface area contributed by atoms with Crippen molar-refractivity contribution in [3.63, 3.8) is 0 Å². The highest BCUT2D eigenvalue weighted by Gasteiger charge is 2.44. The first-order chi connectivity index (χ1) is 11.8. The van der Waals surface area contributed by atoms with E-state index < -0.39 is 0 Å². The first kappa shape index (κ1) is 15.7. The summed E-state index contributed by atoms with van der Waals surface area (Å²) in [5.74, 6) is -0.0709. The SMILES string of the molecule is O=C(N[C@@H]1CN(Cc2ccsc2)[C@H]2CCCO[C@@H]12)c1cccnc1. The fourth-order valence-electron chi connectivity index (χ4n) is 3.73. The van der Waals surface area contributed by atoms with Crippen LogP contribution in [0.4, 0.5) is 0 Å². The van der Waals surface area contributed by atoms with E-state index in [1.165, 1.54) is 5.56 Å². The summed E-state index contributed by atoms with van der Waals surface area (Å²) in [5.41, 5.74) is 1.93. The Labute approximate surface area is 145 Å². The van der Waals surface area contributed by atoms with E-state index in [0.717, 1.165) is 32.5 Å². The minimum Gasteiger partial charge on any atom is -0.374 e. The number of amides is 1. The number of fused-ring (bicyclic) bond motifs is 1. The molecule has 1 amide bonds. The molecule has 24 heavy (non-hydrogen) atoms. The van der Waals surface area contributed by atoms with Crippen molar-refractivity contribution < 1.29 is 9.53 Å². The predicted molar refractivity (Wildman–Crippen MR) is 93.0 cm³/mol. The van der Waals surface area contributed by atoms with Crippen molar-refractivity contribution in [1.29, 1.82) is 0 Å². The molecule has 126 valence electrons. The number of carbonyl (C=O) groups excluding carboxylic acids is 1. The topological polar surface area (TPSA) is 54.5 Å². The molecule has 3 atom stereocenters. The molecule has 2 fully saturated rings. The second-order valence-electron chi connectivity index (χ2n) is 6.43. The molecule has 4 heterocycles. The Morgan fingerprint density at radius 3 is 3.21 bits per heavy atom. The first-order valence-electron chi connectivity index (χ1n) is 8.39. The maximum Gasteiger partial charge on any atom is 0.253 e. The van der Waals surface area contributed by atoms with Gasteiger partial charge in [0.05, 0.1) is 17.7 Å². The molecule has 2 aromatic rings. The third-order valence-electron chi connectivity index (χ3n) is 4.84. The predicted octanol–water partition coefficient (Wildman–Crippen LogP) is 2.30. The van der Waals surface area contributed by atoms with Crippen molar-refractivity contribution in [3.05, 3.63) is 52.5 Å². The zero-order valence-corrected chi connectivity index (χ0v) is 14.2. The van der Waals surface area contributed by atoms with E-state index in [0.29, 0.717) is 11.6 Å². The van der Waals surface area contributed by atoms with Gasteiger partial charge in [0.25, 0.3) is 5.91 Å². The van der Waals surface area contributed by atoms with Gasteiger partial charge in [-0.3, -0.25) is 14.7 Å². The summed E-state index contributed by atoms with van der Waals surface area (Å²) < 4.78 is 6.03. The number of pyridine rings is 1. The molecule has 0 spiro atoms. The average Bonchev–Trinajstić information content (AvgIpc) is 3.25. The second kappa shape index (κ2) is 7.01. The number of nitrogens with one attached hydrogen (secondary N) is 1. The molecule has 2 saturated heterocycles. The molecule has 0 bridgehead atoms. The van der Waals surface area contributed by atoms with Gasteiger partial charge in [-0.2, -0.15) is 11.3 Å². The van der Waals surface area contributed by atoms with Crippen molar-refractivity contribution >= 4 is 17.2 Å². The van der Waals surface area contributed by atoms with Crippen LogP contribution in [0.5, 0.6) is 0 Å². The Kier molecular flexibility index (Phi) is 4.60. The summed E-state index contributed by atoms with van der Waals surface area (Å²) in [6.07, 6.45) is 5.58. The Morgan fingerprint density at radius 1 is 1.46 bits per heavy atom. The van der Waals surface area contributed by atoms with Gasteiger partial charge in [0.15, 0.2) is 0 Å². The molecular formula is C18H21N3O2S. The zero-order valence-electron chi connectivity index (χ0n) is 13.4. The first-order valence-corrected chi connectivity index (χ1v) is 9.33. The Balaban J connectivity index is 1.47. The molecule has 4 rings (SSSR count). The van der Waals surface area contributed by atoms with E-state index in [4.69, 9.17) is 4.74 Å². The van der Waals surface area contributed by atoms with Crippen molar-refractivity contribution in [2.45, 2.75) is 37.6 Å². The lowest BCUT2D eigenvalue weighted by molar-refractivity contribution is -0.0211. The molecule has 0 saturated carbocycles. The van der Waals surface area contributed by atoms with Crippen LogP contribution >= 0.6 is 11.3 Å². The maximum atomic E-state index is 12.5. The van der Waals surface area contributed by atoms with Gasteiger partial charge in [0.1, 0.15) is 0 Å². The zero-order chi connectivity index (χ0) is 16.4. The van der Waals surface area contributed by atoms with Gasteiger partial charge >= 0.3 is 0 Å². The van der Waals surface area contributed by atoms with Crippen LogP contribution in [0.2, 0.25) is 0 Å². The summed E-state index contributed by atoms with van der Waals surface area (Å²) in [4.78, 5) is 19.0. The summed E-state index contributed by atoms with van der Waals surface area (Å²) in [6.45, 7) is 2.54. The van der Waals surface area contributed by atoms with E-state index in [1.54, 1.807) is 35.9 Å². The Bertz CT molecular complexity index is 677. The van der Waals surface area contributed by atoms with Crippen molar-refractivity contribution in [2.24, 2.45) is 0 Å². The van der Waals surface area contributed by atoms with Gasteiger partial charge in [-0.05, 0) is 47.4 Å². The van der Waals surface area contributed by atoms with Crippen molar-refractivity contribution in [1.82, 2.24) is 15.2 Å². The summed E-state index contributed by atoms with van der Waals surface area (Å²) in [5, 5.41) is 7.47. The quantitative estimate of drug-likeness (QED) is 0.926. The molecule has 0 aliphatic carbocycles. The lowest BCUT2D eigenvalue weighted by Gasteiger charge is -2.32. The minimum atomic E-state index is -0.0709. The second-order valence-corrected chi connectivity index (χ2v) is 7.21. The molecule has 0 unspecified atom stereocenters. The molecule has 2 aliphatic heterocycles. The number of hydrogen-bond acceptors (Lipinski definition) is 5. The fourth-order valence-corrected chi connectivity index (χ4v) is 4.39. The minimum absolute atomic E-state index is 0.0293. The van der Waals surface area contributed by atoms with Crippen LogP contribution in [0.3, 0.4) is 0 Å². The number of aromatic nitrogens is 1. The normalized spacial score (nSPS) is 26.9. The van der Waals surface area contributed by atoms with E-state index in [9.17, 15) is 4.79 Å². The number of hydrogen-bond donors (Lipinski definition) is 1. The van der Waals surface area contributed by atoms with E-state index in [2.05, 4.69) is 32.0 Å². The number of rotatable bonds is 4. The molecule has 5 nitrogen and oxygen atoms in total. The van der Waals surface area contributed by atoms with Gasteiger partial charge < -0.3 is 10.1 Å². The van der Waals surface area contributed by atoms with Crippen LogP contribution in [0.1, 0.15) is 28.8 Å². The molecule has 0 radical (unpaired) electrons. The van der Waals surface area contributed by atoms with Gasteiger partial charge in [0, 0.05) is 38.1 Å². The molecule has 6 heteroatoms. The lowest BCUT2D eigenvalue weighted by atomic mass is 10.0. The third kappa shape index (κ3) is 3.22. The number of nitrogens with zero attached hydrogens (tertiary/aromatic N) is 2. The van der Waals surface area contributed by atoms with Crippen LogP contribution in [0.15, 0.2) is 41.4 Å². The number of carbonyl (C=O) groups is 1. The van der Waals surface area contributed by atoms with Crippen LogP contribution in [-0.4, -0.2) is 47.1 Å². The molecular weight excluding hydrogens is 322 g/mol. The summed E-state index contributed by atoms with van der Waals surface area (Å²) >= 11 is 1.73. The summed E-state index contributed by atoms with van der Waals surface area (Å²) in [6, 6.07) is 6.16. The summed E-state index contributed by atoms with van der Waals surface area (Å²) in [7, 11) is 0. The smallest absolute Gasteiger partial charge is 0.253 e. The Morgan fingerprint density at radius 2 is 2.42 bits per heavy atom. The third-order valence-corrected chi connectivity index (χ3v) is 5.57. The van der Waals surface area contributed by atoms with Crippen molar-refractivity contribution in [3.8, 4) is 0 Å². The Hall–Kier alpha value is -1.76. The van der Waals surface area contributed by atoms with Crippen molar-refractivity contribution in [2.75, 3.05) is 13.2 Å². The fraction of sp³-hybridized carbons (Fsp3) is 0.444. The molecule has 0 aromatic carbocycles. The van der Waals surface area contributed by atoms with E-state index in [1.807, 2.05) is 0 Å². The number of ether oxygens (including phenoxy) is 1. The van der Waals surface area contributed by atoms with Crippen LogP contribution in [-0.2, 0) is 11.3 Å². The highest BCUT2D eigenvalue weighted by atomic mass is 32.1. The number of thiophene rings is 1. The number of likely N-dealkylation sites (tertiary alicyclic amines) is 1. The van der Waals surface area contributed by atoms with Crippen LogP contribution < -0.4 is 5.32 Å². The van der Waals surface area contributed by atoms with E-state index in [-0.39, 0.29) is 18.1 Å². The van der Waals surface area contributed by atoms with Gasteiger partial charge in [-0.1, -0.05) is 0 Å². The van der Waals surface area contributed by atoms with Crippen LogP contribution in [0.25, 0.3) is 0 Å². The highest BCUT2D eigenvalue weighted by Crippen LogP contribution is 2.30.